The Morgan fingerprint density at radius 1 is 0.826 bits per heavy atom. The maximum absolute atomic E-state index is 13.4. The molecule has 2 heterocycles. The van der Waals surface area contributed by atoms with E-state index in [9.17, 15) is 4.79 Å². The van der Waals surface area contributed by atoms with Crippen molar-refractivity contribution in [1.29, 1.82) is 10.5 Å². The highest BCUT2D eigenvalue weighted by atomic mass is 16.2. The topological polar surface area (TPSA) is 131 Å². The number of rotatable bonds is 8. The molecule has 0 bridgehead atoms. The standard InChI is InChI=1S/C31H31N5O.C6H9N3/c1-20-10-13-22(14-11-20)24-16-17-28(26-9-7-6-8-25(24)26)34-30(37)35-29-27(31(3,4)5)19-33-36(29)23-15-12-21(2)32-18-23;7-3-1-5-9-6-2-4-8/h6-19H,1-5H3,(H2,34,35,37);9H,1-2,5-6H2. The minimum Gasteiger partial charge on any atom is -0.315 e. The lowest BCUT2D eigenvalue weighted by molar-refractivity contribution is 0.262. The molecule has 0 radical (unpaired) electrons. The summed E-state index contributed by atoms with van der Waals surface area (Å²) in [4.78, 5) is 17.8. The highest BCUT2D eigenvalue weighted by molar-refractivity contribution is 6.09. The van der Waals surface area contributed by atoms with E-state index < -0.39 is 0 Å². The van der Waals surface area contributed by atoms with E-state index in [0.717, 1.165) is 44.5 Å². The summed E-state index contributed by atoms with van der Waals surface area (Å²) in [7, 11) is 0. The first-order chi connectivity index (χ1) is 22.1. The second-order valence-electron chi connectivity index (χ2n) is 11.9. The van der Waals surface area contributed by atoms with E-state index >= 15 is 0 Å². The molecule has 3 N–H and O–H groups in total. The lowest BCUT2D eigenvalue weighted by Crippen LogP contribution is -2.24. The quantitative estimate of drug-likeness (QED) is 0.152. The van der Waals surface area contributed by atoms with Gasteiger partial charge < -0.3 is 10.6 Å². The summed E-state index contributed by atoms with van der Waals surface area (Å²) in [6.45, 7) is 11.7. The van der Waals surface area contributed by atoms with E-state index in [4.69, 9.17) is 10.5 Å². The van der Waals surface area contributed by atoms with Crippen molar-refractivity contribution >= 4 is 28.3 Å². The molecule has 0 atom stereocenters. The molecule has 2 amide bonds. The zero-order valence-corrected chi connectivity index (χ0v) is 27.1. The van der Waals surface area contributed by atoms with E-state index in [2.05, 4.69) is 90.1 Å². The van der Waals surface area contributed by atoms with Gasteiger partial charge in [-0.2, -0.15) is 15.6 Å². The first kappa shape index (κ1) is 33.4. The van der Waals surface area contributed by atoms with Crippen LogP contribution in [-0.2, 0) is 5.41 Å². The number of benzene rings is 3. The lowest BCUT2D eigenvalue weighted by atomic mass is 9.89. The molecule has 5 aromatic rings. The summed E-state index contributed by atoms with van der Waals surface area (Å²) in [6.07, 6.45) is 4.60. The Labute approximate surface area is 270 Å². The van der Waals surface area contributed by atoms with Gasteiger partial charge in [-0.25, -0.2) is 9.48 Å². The molecular weight excluding hydrogens is 572 g/mol. The van der Waals surface area contributed by atoms with Gasteiger partial charge >= 0.3 is 6.03 Å². The summed E-state index contributed by atoms with van der Waals surface area (Å²) in [5.41, 5.74) is 6.64. The van der Waals surface area contributed by atoms with Gasteiger partial charge in [-0.05, 0) is 54.0 Å². The van der Waals surface area contributed by atoms with Crippen LogP contribution in [0.25, 0.3) is 27.6 Å². The highest BCUT2D eigenvalue weighted by Crippen LogP contribution is 2.34. The number of hydrogen-bond donors (Lipinski definition) is 3. The molecule has 0 saturated heterocycles. The fourth-order valence-corrected chi connectivity index (χ4v) is 4.87. The number of carbonyl (C=O) groups excluding carboxylic acids is 1. The van der Waals surface area contributed by atoms with Crippen LogP contribution in [0.3, 0.4) is 0 Å². The van der Waals surface area contributed by atoms with Crippen LogP contribution in [0.15, 0.2) is 85.2 Å². The minimum atomic E-state index is -0.333. The third-order valence-electron chi connectivity index (χ3n) is 7.31. The number of nitrogens with one attached hydrogen (secondary N) is 3. The molecule has 234 valence electrons. The molecule has 2 aromatic heterocycles. The van der Waals surface area contributed by atoms with E-state index in [-0.39, 0.29) is 11.4 Å². The highest BCUT2D eigenvalue weighted by Gasteiger charge is 2.25. The van der Waals surface area contributed by atoms with Gasteiger partial charge in [0.15, 0.2) is 0 Å². The minimum absolute atomic E-state index is 0.221. The molecule has 5 rings (SSSR count). The van der Waals surface area contributed by atoms with E-state index in [0.29, 0.717) is 31.7 Å². The number of amides is 2. The molecule has 0 aliphatic carbocycles. The first-order valence-corrected chi connectivity index (χ1v) is 15.3. The number of aryl methyl sites for hydroxylation is 2. The van der Waals surface area contributed by atoms with Gasteiger partial charge in [-0.3, -0.25) is 10.3 Å². The fourth-order valence-electron chi connectivity index (χ4n) is 4.87. The van der Waals surface area contributed by atoms with Crippen molar-refractivity contribution in [3.63, 3.8) is 0 Å². The van der Waals surface area contributed by atoms with Gasteiger partial charge in [-0.15, -0.1) is 0 Å². The number of anilines is 2. The number of fused-ring (bicyclic) bond motifs is 1. The van der Waals surface area contributed by atoms with E-state index in [1.807, 2.05) is 55.5 Å². The van der Waals surface area contributed by atoms with Gasteiger partial charge in [0.05, 0.1) is 35.9 Å². The molecule has 0 fully saturated rings. The third kappa shape index (κ3) is 8.56. The van der Waals surface area contributed by atoms with Crippen molar-refractivity contribution in [3.8, 4) is 29.0 Å². The average Bonchev–Trinajstić information content (AvgIpc) is 3.46. The fraction of sp³-hybridized carbons (Fsp3) is 0.270. The zero-order chi connectivity index (χ0) is 33.1. The number of nitrogens with zero attached hydrogens (tertiary/aromatic N) is 5. The SMILES string of the molecule is Cc1ccc(-c2ccc(NC(=O)Nc3c(C(C)(C)C)cnn3-c3ccc(C)nc3)c3ccccc23)cc1.N#CCCNCCC#N. The van der Waals surface area contributed by atoms with Crippen LogP contribution in [-0.4, -0.2) is 33.9 Å². The molecule has 9 heteroatoms. The number of urea groups is 1. The van der Waals surface area contributed by atoms with Crippen molar-refractivity contribution in [3.05, 3.63) is 102 Å². The monoisotopic (exact) mass is 612 g/mol. The number of hydrogen-bond acceptors (Lipinski definition) is 6. The molecule has 0 spiro atoms. The molecule has 46 heavy (non-hydrogen) atoms. The van der Waals surface area contributed by atoms with E-state index in [1.54, 1.807) is 17.1 Å². The predicted molar refractivity (Wildman–Crippen MR) is 185 cm³/mol. The Balaban J connectivity index is 0.000000468. The maximum Gasteiger partial charge on any atom is 0.324 e. The summed E-state index contributed by atoms with van der Waals surface area (Å²) in [5, 5.41) is 31.8. The number of nitriles is 2. The van der Waals surface area contributed by atoms with E-state index in [1.165, 1.54) is 5.56 Å². The normalized spacial score (nSPS) is 10.8. The molecule has 0 unspecified atom stereocenters. The molecule has 3 aromatic carbocycles. The van der Waals surface area contributed by atoms with Crippen LogP contribution in [0.2, 0.25) is 0 Å². The van der Waals surface area contributed by atoms with Gasteiger partial charge in [0.25, 0.3) is 0 Å². The Kier molecular flexibility index (Phi) is 11.2. The van der Waals surface area contributed by atoms with Gasteiger partial charge in [0.1, 0.15) is 5.82 Å². The smallest absolute Gasteiger partial charge is 0.315 e. The molecule has 0 saturated carbocycles. The number of pyridine rings is 1. The second-order valence-corrected chi connectivity index (χ2v) is 11.9. The Morgan fingerprint density at radius 3 is 2.11 bits per heavy atom. The predicted octanol–water partition coefficient (Wildman–Crippen LogP) is 8.05. The molecular formula is C37H40N8O. The van der Waals surface area contributed by atoms with Gasteiger partial charge in [-0.1, -0.05) is 80.9 Å². The van der Waals surface area contributed by atoms with Crippen molar-refractivity contribution in [1.82, 2.24) is 20.1 Å². The van der Waals surface area contributed by atoms with Crippen molar-refractivity contribution < 1.29 is 4.79 Å². The Morgan fingerprint density at radius 2 is 1.50 bits per heavy atom. The van der Waals surface area contributed by atoms with Crippen LogP contribution < -0.4 is 16.0 Å². The Hall–Kier alpha value is -5.51. The second kappa shape index (κ2) is 15.5. The summed E-state index contributed by atoms with van der Waals surface area (Å²) in [5.74, 6) is 0.622. The number of carbonyl (C=O) groups is 1. The largest absolute Gasteiger partial charge is 0.324 e. The maximum atomic E-state index is 13.4. The van der Waals surface area contributed by atoms with Crippen LogP contribution in [0.1, 0.15) is 50.4 Å². The van der Waals surface area contributed by atoms with Crippen LogP contribution in [0.4, 0.5) is 16.3 Å². The lowest BCUT2D eigenvalue weighted by Gasteiger charge is -2.20. The Bertz CT molecular complexity index is 1840. The third-order valence-corrected chi connectivity index (χ3v) is 7.31. The van der Waals surface area contributed by atoms with Crippen LogP contribution >= 0.6 is 0 Å². The van der Waals surface area contributed by atoms with Crippen molar-refractivity contribution in [2.24, 2.45) is 0 Å². The molecule has 0 aliphatic rings. The summed E-state index contributed by atoms with van der Waals surface area (Å²) in [6, 6.07) is 28.2. The van der Waals surface area contributed by atoms with Crippen LogP contribution in [0.5, 0.6) is 0 Å². The summed E-state index contributed by atoms with van der Waals surface area (Å²) >= 11 is 0. The first-order valence-electron chi connectivity index (χ1n) is 15.3. The zero-order valence-electron chi connectivity index (χ0n) is 27.1. The van der Waals surface area contributed by atoms with Gasteiger partial charge in [0, 0.05) is 42.6 Å². The summed E-state index contributed by atoms with van der Waals surface area (Å²) < 4.78 is 1.73. The van der Waals surface area contributed by atoms with Crippen molar-refractivity contribution in [2.45, 2.75) is 52.9 Å². The van der Waals surface area contributed by atoms with Gasteiger partial charge in [0.2, 0.25) is 0 Å². The average molecular weight is 613 g/mol. The number of aromatic nitrogens is 3. The molecule has 9 nitrogen and oxygen atoms in total. The van der Waals surface area contributed by atoms with Crippen molar-refractivity contribution in [2.75, 3.05) is 23.7 Å². The molecule has 0 aliphatic heterocycles. The van der Waals surface area contributed by atoms with Crippen LogP contribution in [0, 0.1) is 36.5 Å².